The fourth-order valence-corrected chi connectivity index (χ4v) is 1.96. The van der Waals surface area contributed by atoms with Crippen molar-refractivity contribution in [3.05, 3.63) is 47.7 Å². The molecule has 1 aromatic heterocycles. The van der Waals surface area contributed by atoms with Gasteiger partial charge in [-0.05, 0) is 18.2 Å². The third-order valence-corrected chi connectivity index (χ3v) is 3.18. The molecule has 0 unspecified atom stereocenters. The first-order valence-corrected chi connectivity index (χ1v) is 7.60. The summed E-state index contributed by atoms with van der Waals surface area (Å²) >= 11 is 0. The van der Waals surface area contributed by atoms with Crippen LogP contribution in [-0.4, -0.2) is 30.6 Å². The van der Waals surface area contributed by atoms with Crippen molar-refractivity contribution in [1.82, 2.24) is 15.6 Å². The number of imide groups is 1. The molecule has 0 aliphatic heterocycles. The van der Waals surface area contributed by atoms with Crippen LogP contribution in [0.2, 0.25) is 0 Å². The van der Waals surface area contributed by atoms with Crippen LogP contribution in [0.15, 0.2) is 36.4 Å². The van der Waals surface area contributed by atoms with Crippen molar-refractivity contribution in [2.24, 2.45) is 0 Å². The summed E-state index contributed by atoms with van der Waals surface area (Å²) in [7, 11) is 1.30. The highest BCUT2D eigenvalue weighted by molar-refractivity contribution is 6.03. The number of hydrogen-bond donors (Lipinski definition) is 2. The van der Waals surface area contributed by atoms with Crippen LogP contribution >= 0.6 is 0 Å². The van der Waals surface area contributed by atoms with Crippen molar-refractivity contribution in [2.75, 3.05) is 13.7 Å². The number of aromatic nitrogens is 1. The maximum atomic E-state index is 12.8. The number of ether oxygens (including phenoxy) is 2. The molecule has 2 rings (SSSR count). The molecule has 0 atom stereocenters. The molecule has 2 aromatic rings. The minimum atomic E-state index is -4.55. The lowest BCUT2D eigenvalue weighted by Gasteiger charge is -2.11. The number of nitriles is 1. The molecule has 0 saturated carbocycles. The first-order valence-electron chi connectivity index (χ1n) is 7.60. The summed E-state index contributed by atoms with van der Waals surface area (Å²) in [4.78, 5) is 27.4. The largest absolute Gasteiger partial charge is 0.496 e. The molecule has 1 heterocycles. The average molecular weight is 394 g/mol. The van der Waals surface area contributed by atoms with E-state index in [1.807, 2.05) is 5.32 Å². The Morgan fingerprint density at radius 1 is 1.21 bits per heavy atom. The topological polar surface area (TPSA) is 113 Å². The molecule has 3 amide bonds. The van der Waals surface area contributed by atoms with Gasteiger partial charge in [-0.1, -0.05) is 6.07 Å². The van der Waals surface area contributed by atoms with Gasteiger partial charge in [0.1, 0.15) is 23.7 Å². The van der Waals surface area contributed by atoms with Gasteiger partial charge in [0, 0.05) is 12.1 Å². The van der Waals surface area contributed by atoms with Gasteiger partial charge < -0.3 is 14.8 Å². The average Bonchev–Trinajstić information content (AvgIpc) is 2.65. The Morgan fingerprint density at radius 3 is 2.61 bits per heavy atom. The lowest BCUT2D eigenvalue weighted by atomic mass is 10.2. The first kappa shape index (κ1) is 20.5. The second-order valence-electron chi connectivity index (χ2n) is 5.15. The zero-order chi connectivity index (χ0) is 20.7. The van der Waals surface area contributed by atoms with Gasteiger partial charge in [-0.15, -0.1) is 0 Å². The normalized spacial score (nSPS) is 10.5. The van der Waals surface area contributed by atoms with E-state index in [4.69, 9.17) is 14.7 Å². The van der Waals surface area contributed by atoms with Crippen LogP contribution in [0.25, 0.3) is 0 Å². The van der Waals surface area contributed by atoms with Crippen molar-refractivity contribution < 1.29 is 32.2 Å². The molecule has 0 aliphatic carbocycles. The van der Waals surface area contributed by atoms with Crippen molar-refractivity contribution in [1.29, 1.82) is 5.26 Å². The van der Waals surface area contributed by atoms with Crippen LogP contribution in [0.5, 0.6) is 17.4 Å². The molecular formula is C17H13F3N4O4. The summed E-state index contributed by atoms with van der Waals surface area (Å²) in [6.45, 7) is -0.311. The van der Waals surface area contributed by atoms with E-state index in [9.17, 15) is 22.8 Å². The number of halogens is 3. The highest BCUT2D eigenvalue weighted by atomic mass is 19.4. The number of alkyl halides is 3. The molecule has 0 spiro atoms. The van der Waals surface area contributed by atoms with Crippen LogP contribution < -0.4 is 20.1 Å². The number of carbonyl (C=O) groups is 2. The number of carbonyl (C=O) groups excluding carboxylic acids is 2. The second kappa shape index (κ2) is 8.72. The van der Waals surface area contributed by atoms with Gasteiger partial charge in [0.15, 0.2) is 0 Å². The van der Waals surface area contributed by atoms with Gasteiger partial charge >= 0.3 is 12.2 Å². The molecular weight excluding hydrogens is 381 g/mol. The Labute approximate surface area is 156 Å². The van der Waals surface area contributed by atoms with E-state index in [0.29, 0.717) is 0 Å². The van der Waals surface area contributed by atoms with Crippen molar-refractivity contribution in [3.63, 3.8) is 0 Å². The monoisotopic (exact) mass is 394 g/mol. The predicted molar refractivity (Wildman–Crippen MR) is 88.8 cm³/mol. The quantitative estimate of drug-likeness (QED) is 0.754. The van der Waals surface area contributed by atoms with Crippen molar-refractivity contribution in [3.8, 4) is 23.4 Å². The lowest BCUT2D eigenvalue weighted by molar-refractivity contribution is -0.137. The van der Waals surface area contributed by atoms with Gasteiger partial charge in [-0.2, -0.15) is 18.4 Å². The molecule has 11 heteroatoms. The number of nitrogens with zero attached hydrogens (tertiary/aromatic N) is 2. The third-order valence-electron chi connectivity index (χ3n) is 3.18. The molecule has 0 fully saturated rings. The Kier molecular flexibility index (Phi) is 6.38. The van der Waals surface area contributed by atoms with E-state index in [2.05, 4.69) is 10.3 Å². The fourth-order valence-electron chi connectivity index (χ4n) is 1.96. The Balaban J connectivity index is 2.24. The summed E-state index contributed by atoms with van der Waals surface area (Å²) < 4.78 is 48.7. The van der Waals surface area contributed by atoms with Crippen LogP contribution in [0, 0.1) is 11.3 Å². The third kappa shape index (κ3) is 5.60. The molecule has 1 aromatic carbocycles. The van der Waals surface area contributed by atoms with Crippen LogP contribution in [-0.2, 0) is 6.18 Å². The maximum absolute atomic E-state index is 12.8. The van der Waals surface area contributed by atoms with Crippen molar-refractivity contribution >= 4 is 11.9 Å². The van der Waals surface area contributed by atoms with E-state index in [0.717, 1.165) is 18.2 Å². The number of nitrogens with one attached hydrogen (secondary N) is 2. The van der Waals surface area contributed by atoms with Gasteiger partial charge in [-0.3, -0.25) is 10.1 Å². The smallest absolute Gasteiger partial charge is 0.416 e. The summed E-state index contributed by atoms with van der Waals surface area (Å²) in [5.41, 5.74) is -1.20. The van der Waals surface area contributed by atoms with Gasteiger partial charge in [0.05, 0.1) is 18.7 Å². The van der Waals surface area contributed by atoms with E-state index in [1.165, 1.54) is 25.3 Å². The minimum absolute atomic E-state index is 0.125. The summed E-state index contributed by atoms with van der Waals surface area (Å²) in [6, 6.07) is 7.29. The molecule has 28 heavy (non-hydrogen) atoms. The summed E-state index contributed by atoms with van der Waals surface area (Å²) in [5.74, 6) is -1.18. The molecule has 2 N–H and O–H groups in total. The Bertz CT molecular complexity index is 925. The number of methoxy groups -OCH3 is 1. The van der Waals surface area contributed by atoms with E-state index < -0.39 is 23.7 Å². The van der Waals surface area contributed by atoms with Gasteiger partial charge in [-0.25, -0.2) is 9.78 Å². The predicted octanol–water partition coefficient (Wildman–Crippen LogP) is 2.86. The zero-order valence-corrected chi connectivity index (χ0v) is 14.3. The first-order chi connectivity index (χ1) is 13.2. The van der Waals surface area contributed by atoms with E-state index >= 15 is 0 Å². The number of pyridine rings is 1. The zero-order valence-electron chi connectivity index (χ0n) is 14.3. The second-order valence-corrected chi connectivity index (χ2v) is 5.15. The highest BCUT2D eigenvalue weighted by Crippen LogP contribution is 2.33. The van der Waals surface area contributed by atoms with Crippen LogP contribution in [0.1, 0.15) is 16.1 Å². The van der Waals surface area contributed by atoms with E-state index in [1.54, 1.807) is 6.07 Å². The molecule has 0 saturated heterocycles. The Hall–Kier alpha value is -3.81. The number of hydrogen-bond acceptors (Lipinski definition) is 6. The number of amides is 3. The number of benzene rings is 1. The van der Waals surface area contributed by atoms with E-state index in [-0.39, 0.29) is 29.6 Å². The van der Waals surface area contributed by atoms with Crippen LogP contribution in [0.4, 0.5) is 18.0 Å². The molecule has 0 radical (unpaired) electrons. The molecule has 146 valence electrons. The standard InChI is InChI=1S/C17H13F3N4O4/c1-27-12-8-13(15(25)24-16(26)22-6-5-21)23-14(9-12)28-11-4-2-3-10(7-11)17(18,19)20/h2-4,7-9H,6H2,1H3,(H2,22,24,25,26). The summed E-state index contributed by atoms with van der Waals surface area (Å²) in [5, 5.41) is 12.4. The molecule has 8 nitrogen and oxygen atoms in total. The lowest BCUT2D eigenvalue weighted by Crippen LogP contribution is -2.39. The van der Waals surface area contributed by atoms with Gasteiger partial charge in [0.2, 0.25) is 5.88 Å². The number of urea groups is 1. The Morgan fingerprint density at radius 2 is 1.96 bits per heavy atom. The van der Waals surface area contributed by atoms with Gasteiger partial charge in [0.25, 0.3) is 5.91 Å². The fraction of sp³-hybridized carbons (Fsp3) is 0.176. The SMILES string of the molecule is COc1cc(Oc2cccc(C(F)(F)F)c2)nc(C(=O)NC(=O)NCC#N)c1. The molecule has 0 bridgehead atoms. The number of rotatable bonds is 5. The molecule has 0 aliphatic rings. The highest BCUT2D eigenvalue weighted by Gasteiger charge is 2.30. The summed E-state index contributed by atoms with van der Waals surface area (Å²) in [6.07, 6.45) is -4.55. The minimum Gasteiger partial charge on any atom is -0.496 e. The maximum Gasteiger partial charge on any atom is 0.416 e. The van der Waals surface area contributed by atoms with Crippen molar-refractivity contribution in [2.45, 2.75) is 6.18 Å². The van der Waals surface area contributed by atoms with Crippen LogP contribution in [0.3, 0.4) is 0 Å².